The van der Waals surface area contributed by atoms with Crippen LogP contribution < -0.4 is 14.8 Å². The van der Waals surface area contributed by atoms with E-state index in [1.54, 1.807) is 19.4 Å². The molecule has 1 aliphatic carbocycles. The molecule has 2 amide bonds. The summed E-state index contributed by atoms with van der Waals surface area (Å²) in [6, 6.07) is 15.5. The van der Waals surface area contributed by atoms with Crippen LogP contribution in [0.25, 0.3) is 0 Å². The van der Waals surface area contributed by atoms with E-state index in [1.165, 1.54) is 6.20 Å². The maximum absolute atomic E-state index is 14.1. The number of hydrogen-bond donors (Lipinski definition) is 1. The molecule has 2 aromatic carbocycles. The van der Waals surface area contributed by atoms with Crippen LogP contribution in [0.15, 0.2) is 60.9 Å². The second kappa shape index (κ2) is 10.7. The number of methoxy groups -OCH3 is 1. The molecule has 1 fully saturated rings. The Balaban J connectivity index is 1.41. The number of ether oxygens (including phenoxy) is 3. The Hall–Kier alpha value is -3.91. The molecule has 3 aromatic rings. The molecule has 1 saturated carbocycles. The lowest BCUT2D eigenvalue weighted by Gasteiger charge is -2.47. The lowest BCUT2D eigenvalue weighted by atomic mass is 9.67. The van der Waals surface area contributed by atoms with Gasteiger partial charge in [-0.15, -0.1) is 0 Å². The van der Waals surface area contributed by atoms with Crippen LogP contribution in [0.5, 0.6) is 17.2 Å². The maximum atomic E-state index is 14.1. The molecule has 202 valence electrons. The topological polar surface area (TPSA) is 90.0 Å². The monoisotopic (exact) mass is 527 g/mol. The van der Waals surface area contributed by atoms with Crippen molar-refractivity contribution in [1.29, 1.82) is 0 Å². The molecule has 0 spiro atoms. The Labute approximate surface area is 228 Å². The lowest BCUT2D eigenvalue weighted by molar-refractivity contribution is -0.154. The molecule has 0 saturated heterocycles. The van der Waals surface area contributed by atoms with Crippen molar-refractivity contribution >= 4 is 11.8 Å². The Bertz CT molecular complexity index is 1390. The molecule has 39 heavy (non-hydrogen) atoms. The van der Waals surface area contributed by atoms with Gasteiger partial charge in [-0.05, 0) is 72.7 Å². The zero-order valence-electron chi connectivity index (χ0n) is 22.2. The third-order valence-electron chi connectivity index (χ3n) is 8.05. The normalized spacial score (nSPS) is 20.0. The first-order valence-electron chi connectivity index (χ1n) is 13.6. The lowest BCUT2D eigenvalue weighted by Crippen LogP contribution is -2.53. The van der Waals surface area contributed by atoms with Crippen molar-refractivity contribution in [3.05, 3.63) is 83.2 Å². The largest absolute Gasteiger partial charge is 0.494 e. The average molecular weight is 528 g/mol. The van der Waals surface area contributed by atoms with Crippen LogP contribution in [0.3, 0.4) is 0 Å². The Morgan fingerprint density at radius 3 is 2.82 bits per heavy atom. The van der Waals surface area contributed by atoms with Gasteiger partial charge in [-0.1, -0.05) is 24.6 Å². The van der Waals surface area contributed by atoms with Gasteiger partial charge < -0.3 is 24.4 Å². The predicted molar refractivity (Wildman–Crippen MR) is 145 cm³/mol. The van der Waals surface area contributed by atoms with Gasteiger partial charge in [0, 0.05) is 26.4 Å². The highest BCUT2D eigenvalue weighted by Crippen LogP contribution is 2.47. The van der Waals surface area contributed by atoms with Gasteiger partial charge in [0.15, 0.2) is 0 Å². The van der Waals surface area contributed by atoms with Crippen LogP contribution in [0.1, 0.15) is 58.8 Å². The highest BCUT2D eigenvalue weighted by molar-refractivity contribution is 5.94. The molecule has 8 heteroatoms. The fourth-order valence-electron chi connectivity index (χ4n) is 5.92. The van der Waals surface area contributed by atoms with Gasteiger partial charge in [-0.25, -0.2) is 0 Å². The summed E-state index contributed by atoms with van der Waals surface area (Å²) < 4.78 is 17.7. The second-order valence-corrected chi connectivity index (χ2v) is 10.6. The molecule has 1 atom stereocenters. The Morgan fingerprint density at radius 2 is 2.00 bits per heavy atom. The highest BCUT2D eigenvalue weighted by atomic mass is 16.5. The van der Waals surface area contributed by atoms with Crippen molar-refractivity contribution in [2.75, 3.05) is 33.4 Å². The summed E-state index contributed by atoms with van der Waals surface area (Å²) in [5.74, 6) is 1.87. The van der Waals surface area contributed by atoms with Crippen LogP contribution in [0.4, 0.5) is 0 Å². The van der Waals surface area contributed by atoms with Crippen LogP contribution in [-0.4, -0.2) is 55.1 Å². The third-order valence-corrected chi connectivity index (χ3v) is 8.05. The van der Waals surface area contributed by atoms with Crippen molar-refractivity contribution in [1.82, 2.24) is 15.2 Å². The molecule has 0 radical (unpaired) electrons. The molecule has 1 N–H and O–H groups in total. The van der Waals surface area contributed by atoms with Gasteiger partial charge in [0.2, 0.25) is 5.91 Å². The molecule has 4 aliphatic rings. The van der Waals surface area contributed by atoms with Crippen LogP contribution in [0.2, 0.25) is 0 Å². The minimum Gasteiger partial charge on any atom is -0.494 e. The predicted octanol–water partition coefficient (Wildman–Crippen LogP) is 4.68. The SMILES string of the molecule is COCC1(C(=O)N2CCc3cc4ccc3C2c2cccc(c2)OCCCNC(=O)c2cncc(c2)O4)CCC1. The summed E-state index contributed by atoms with van der Waals surface area (Å²) in [5.41, 5.74) is 3.21. The number of hydrogen-bond acceptors (Lipinski definition) is 6. The molecule has 4 heterocycles. The van der Waals surface area contributed by atoms with E-state index in [9.17, 15) is 9.59 Å². The van der Waals surface area contributed by atoms with Gasteiger partial charge in [0.25, 0.3) is 5.91 Å². The summed E-state index contributed by atoms with van der Waals surface area (Å²) in [6.45, 7) is 1.98. The van der Waals surface area contributed by atoms with Crippen molar-refractivity contribution in [3.63, 3.8) is 0 Å². The van der Waals surface area contributed by atoms with Crippen molar-refractivity contribution in [2.45, 2.75) is 38.1 Å². The number of carbonyl (C=O) groups excluding carboxylic acids is 2. The Morgan fingerprint density at radius 1 is 1.10 bits per heavy atom. The number of nitrogens with zero attached hydrogens (tertiary/aromatic N) is 2. The van der Waals surface area contributed by atoms with E-state index in [2.05, 4.69) is 22.4 Å². The number of carbonyl (C=O) groups is 2. The van der Waals surface area contributed by atoms with E-state index in [0.29, 0.717) is 56.2 Å². The summed E-state index contributed by atoms with van der Waals surface area (Å²) in [5, 5.41) is 2.92. The number of aromatic nitrogens is 1. The van der Waals surface area contributed by atoms with Gasteiger partial charge in [-0.3, -0.25) is 14.6 Å². The third kappa shape index (κ3) is 4.96. The van der Waals surface area contributed by atoms with E-state index >= 15 is 0 Å². The molecule has 1 aromatic heterocycles. The molecule has 8 nitrogen and oxygen atoms in total. The fraction of sp³-hybridized carbons (Fsp3) is 0.387. The van der Waals surface area contributed by atoms with E-state index in [-0.39, 0.29) is 17.9 Å². The van der Waals surface area contributed by atoms with Crippen LogP contribution in [0, 0.1) is 5.41 Å². The first-order valence-corrected chi connectivity index (χ1v) is 13.6. The zero-order valence-corrected chi connectivity index (χ0v) is 22.2. The number of nitrogens with one attached hydrogen (secondary N) is 1. The molecule has 3 aliphatic heterocycles. The van der Waals surface area contributed by atoms with Gasteiger partial charge >= 0.3 is 0 Å². The summed E-state index contributed by atoms with van der Waals surface area (Å²) >= 11 is 0. The standard InChI is InChI=1S/C31H33N3O5/c1-37-20-31(10-3-11-31)30(36)34-13-9-21-15-25-7-8-27(21)28(34)22-5-2-6-24(16-22)38-14-4-12-33-29(35)23-17-26(39-25)19-32-18-23/h2,5-8,15-19,28H,3-4,9-14,20H2,1H3,(H,33,35). The maximum Gasteiger partial charge on any atom is 0.252 e. The van der Waals surface area contributed by atoms with Gasteiger partial charge in [0.05, 0.1) is 36.4 Å². The highest BCUT2D eigenvalue weighted by Gasteiger charge is 2.48. The summed E-state index contributed by atoms with van der Waals surface area (Å²) in [7, 11) is 1.67. The number of amides is 2. The Kier molecular flexibility index (Phi) is 6.95. The molecule has 8 bridgehead atoms. The average Bonchev–Trinajstić information content (AvgIpc) is 2.93. The quantitative estimate of drug-likeness (QED) is 0.532. The molecular weight excluding hydrogens is 494 g/mol. The molecular formula is C31H33N3O5. The first-order chi connectivity index (χ1) is 19.1. The smallest absolute Gasteiger partial charge is 0.252 e. The first kappa shape index (κ1) is 25.4. The van der Waals surface area contributed by atoms with Gasteiger partial charge in [-0.2, -0.15) is 0 Å². The minimum absolute atomic E-state index is 0.165. The fourth-order valence-corrected chi connectivity index (χ4v) is 5.92. The van der Waals surface area contributed by atoms with E-state index < -0.39 is 5.41 Å². The number of fused-ring (bicyclic) bond motifs is 6. The number of pyridine rings is 1. The van der Waals surface area contributed by atoms with Crippen LogP contribution >= 0.6 is 0 Å². The molecule has 7 rings (SSSR count). The van der Waals surface area contributed by atoms with Crippen molar-refractivity contribution in [3.8, 4) is 17.2 Å². The molecule has 1 unspecified atom stereocenters. The zero-order chi connectivity index (χ0) is 26.8. The van der Waals surface area contributed by atoms with E-state index in [4.69, 9.17) is 14.2 Å². The minimum atomic E-state index is -0.447. The van der Waals surface area contributed by atoms with E-state index in [0.717, 1.165) is 41.7 Å². The van der Waals surface area contributed by atoms with Crippen LogP contribution in [-0.2, 0) is 16.0 Å². The van der Waals surface area contributed by atoms with Crippen molar-refractivity contribution < 1.29 is 23.8 Å². The number of benzene rings is 2. The van der Waals surface area contributed by atoms with Gasteiger partial charge in [0.1, 0.15) is 17.2 Å². The summed E-state index contributed by atoms with van der Waals surface area (Å²) in [6.07, 6.45) is 7.26. The number of rotatable bonds is 3. The summed E-state index contributed by atoms with van der Waals surface area (Å²) in [4.78, 5) is 33.0. The van der Waals surface area contributed by atoms with Crippen molar-refractivity contribution in [2.24, 2.45) is 5.41 Å². The second-order valence-electron chi connectivity index (χ2n) is 10.6. The van der Waals surface area contributed by atoms with E-state index in [1.807, 2.05) is 35.2 Å².